The fraction of sp³-hybridized carbons (Fsp3) is 0.471. The average molecular weight is 599 g/mol. The van der Waals surface area contributed by atoms with E-state index in [1.807, 2.05) is 44.2 Å². The summed E-state index contributed by atoms with van der Waals surface area (Å²) in [6.07, 6.45) is 3.90. The molecule has 0 fully saturated rings. The summed E-state index contributed by atoms with van der Waals surface area (Å²) in [5.74, 6) is -1.54. The Kier molecular flexibility index (Phi) is 13.2. The predicted molar refractivity (Wildman–Crippen MR) is 161 cm³/mol. The summed E-state index contributed by atoms with van der Waals surface area (Å²) in [5.41, 5.74) is 3.27. The van der Waals surface area contributed by atoms with E-state index in [0.717, 1.165) is 55.2 Å². The number of halogens is 3. The molecule has 0 spiro atoms. The summed E-state index contributed by atoms with van der Waals surface area (Å²) in [6.45, 7) is 6.03. The molecular formula is C34H41F3N2O4. The van der Waals surface area contributed by atoms with Crippen molar-refractivity contribution in [3.05, 3.63) is 72.3 Å². The van der Waals surface area contributed by atoms with Crippen LogP contribution in [-0.2, 0) is 9.47 Å². The highest BCUT2D eigenvalue weighted by Crippen LogP contribution is 2.29. The molecule has 0 amide bonds. The second-order valence-corrected chi connectivity index (χ2v) is 10.8. The van der Waals surface area contributed by atoms with Crippen molar-refractivity contribution < 1.29 is 32.2 Å². The number of ether oxygens (including phenoxy) is 2. The number of rotatable bonds is 16. The van der Waals surface area contributed by atoms with Crippen LogP contribution < -0.4 is 0 Å². The van der Waals surface area contributed by atoms with E-state index in [-0.39, 0.29) is 23.9 Å². The number of unbranched alkanes of at least 4 members (excludes halogenated alkanes) is 6. The molecule has 6 nitrogen and oxygen atoms in total. The largest absolute Gasteiger partial charge is 0.458 e. The minimum absolute atomic E-state index is 0.162. The van der Waals surface area contributed by atoms with Crippen LogP contribution in [0.4, 0.5) is 13.2 Å². The van der Waals surface area contributed by atoms with E-state index >= 15 is 0 Å². The highest BCUT2D eigenvalue weighted by molar-refractivity contribution is 5.88. The third-order valence-electron chi connectivity index (χ3n) is 7.20. The Bertz CT molecular complexity index is 1280. The van der Waals surface area contributed by atoms with Gasteiger partial charge in [0, 0.05) is 23.5 Å². The summed E-state index contributed by atoms with van der Waals surface area (Å²) in [5, 5.41) is 0. The molecule has 0 aliphatic carbocycles. The van der Waals surface area contributed by atoms with Gasteiger partial charge in [0.2, 0.25) is 0 Å². The Hall–Kier alpha value is -3.75. The molecule has 232 valence electrons. The van der Waals surface area contributed by atoms with Gasteiger partial charge >= 0.3 is 18.1 Å². The minimum atomic E-state index is -4.63. The SMILES string of the molecule is CCCCCC[C@@H](C)OC(=O)c1ccc(-c2ccc(-c3ccc(C(=O)O[C@@H](CCCCCC)C(F)(F)F)nc3)cc2)cn1. The number of pyridine rings is 2. The summed E-state index contributed by atoms with van der Waals surface area (Å²) in [7, 11) is 0. The van der Waals surface area contributed by atoms with E-state index in [2.05, 4.69) is 16.9 Å². The van der Waals surface area contributed by atoms with Crippen LogP contribution in [0.2, 0.25) is 0 Å². The van der Waals surface area contributed by atoms with Crippen LogP contribution in [0.3, 0.4) is 0 Å². The van der Waals surface area contributed by atoms with Crippen LogP contribution in [0.1, 0.15) is 106 Å². The van der Waals surface area contributed by atoms with Crippen LogP contribution in [0.25, 0.3) is 22.3 Å². The average Bonchev–Trinajstić information content (AvgIpc) is 3.00. The van der Waals surface area contributed by atoms with Crippen molar-refractivity contribution in [1.29, 1.82) is 0 Å². The molecule has 0 N–H and O–H groups in total. The Morgan fingerprint density at radius 1 is 0.651 bits per heavy atom. The van der Waals surface area contributed by atoms with Crippen LogP contribution in [0, 0.1) is 0 Å². The van der Waals surface area contributed by atoms with E-state index < -0.39 is 24.2 Å². The third-order valence-corrected chi connectivity index (χ3v) is 7.20. The van der Waals surface area contributed by atoms with Gasteiger partial charge in [0.25, 0.3) is 0 Å². The fourth-order valence-electron chi connectivity index (χ4n) is 4.62. The maximum Gasteiger partial charge on any atom is 0.425 e. The smallest absolute Gasteiger partial charge is 0.425 e. The first-order valence-corrected chi connectivity index (χ1v) is 15.1. The molecule has 3 aromatic rings. The molecule has 2 aromatic heterocycles. The highest BCUT2D eigenvalue weighted by Gasteiger charge is 2.42. The second kappa shape index (κ2) is 16.8. The number of alkyl halides is 3. The van der Waals surface area contributed by atoms with Crippen molar-refractivity contribution >= 4 is 11.9 Å². The maximum absolute atomic E-state index is 13.4. The van der Waals surface area contributed by atoms with E-state index in [1.54, 1.807) is 18.3 Å². The number of aromatic nitrogens is 2. The molecule has 9 heteroatoms. The molecule has 2 atom stereocenters. The Labute approximate surface area is 252 Å². The number of hydrogen-bond donors (Lipinski definition) is 0. The van der Waals surface area contributed by atoms with Crippen LogP contribution in [0.5, 0.6) is 0 Å². The first kappa shape index (κ1) is 33.7. The highest BCUT2D eigenvalue weighted by atomic mass is 19.4. The van der Waals surface area contributed by atoms with Gasteiger partial charge in [-0.2, -0.15) is 13.2 Å². The van der Waals surface area contributed by atoms with Crippen LogP contribution in [-0.4, -0.2) is 40.3 Å². The number of esters is 2. The van der Waals surface area contributed by atoms with Crippen molar-refractivity contribution in [2.45, 2.75) is 103 Å². The van der Waals surface area contributed by atoms with Gasteiger partial charge in [0.1, 0.15) is 11.4 Å². The van der Waals surface area contributed by atoms with E-state index in [4.69, 9.17) is 9.47 Å². The van der Waals surface area contributed by atoms with Crippen molar-refractivity contribution in [2.75, 3.05) is 0 Å². The van der Waals surface area contributed by atoms with Crippen molar-refractivity contribution in [3.8, 4) is 22.3 Å². The van der Waals surface area contributed by atoms with Gasteiger partial charge in [-0.1, -0.05) is 88.8 Å². The van der Waals surface area contributed by atoms with Crippen molar-refractivity contribution in [1.82, 2.24) is 9.97 Å². The zero-order chi connectivity index (χ0) is 31.2. The molecule has 0 bridgehead atoms. The van der Waals surface area contributed by atoms with Crippen LogP contribution >= 0.6 is 0 Å². The molecule has 1 aromatic carbocycles. The molecule has 0 saturated carbocycles. The summed E-state index contributed by atoms with van der Waals surface area (Å²) >= 11 is 0. The van der Waals surface area contributed by atoms with Crippen LogP contribution in [0.15, 0.2) is 60.9 Å². The van der Waals surface area contributed by atoms with Gasteiger partial charge in [-0.15, -0.1) is 0 Å². The Morgan fingerprint density at radius 3 is 1.51 bits per heavy atom. The second-order valence-electron chi connectivity index (χ2n) is 10.8. The predicted octanol–water partition coefficient (Wildman–Crippen LogP) is 9.38. The monoisotopic (exact) mass is 598 g/mol. The number of nitrogens with zero attached hydrogens (tertiary/aromatic N) is 2. The van der Waals surface area contributed by atoms with E-state index in [0.29, 0.717) is 18.4 Å². The molecule has 0 radical (unpaired) electrons. The van der Waals surface area contributed by atoms with Gasteiger partial charge in [0.15, 0.2) is 6.10 Å². The summed E-state index contributed by atoms with van der Waals surface area (Å²) in [6, 6.07) is 13.9. The standard InChI is InChI=1S/C34H41F3N2O4/c1-4-6-8-10-12-24(3)42-32(40)29-20-18-27(22-38-29)25-14-16-26(17-15-25)28-19-21-30(39-23-28)33(41)43-31(34(35,36)37)13-11-9-7-5-2/h14-24,31H,4-13H2,1-3H3/t24-,31+/m1/s1. The molecule has 0 aliphatic rings. The lowest BCUT2D eigenvalue weighted by atomic mass is 10.0. The molecule has 43 heavy (non-hydrogen) atoms. The minimum Gasteiger partial charge on any atom is -0.458 e. The number of hydrogen-bond acceptors (Lipinski definition) is 6. The normalized spacial score (nSPS) is 12.9. The van der Waals surface area contributed by atoms with Gasteiger partial charge in [-0.25, -0.2) is 19.6 Å². The van der Waals surface area contributed by atoms with Crippen molar-refractivity contribution in [2.24, 2.45) is 0 Å². The van der Waals surface area contributed by atoms with Gasteiger partial charge in [-0.05, 0) is 55.9 Å². The number of carbonyl (C=O) groups is 2. The Balaban J connectivity index is 1.57. The van der Waals surface area contributed by atoms with Gasteiger partial charge in [-0.3, -0.25) is 0 Å². The quantitative estimate of drug-likeness (QED) is 0.121. The lowest BCUT2D eigenvalue weighted by Crippen LogP contribution is -2.34. The van der Waals surface area contributed by atoms with E-state index in [9.17, 15) is 22.8 Å². The maximum atomic E-state index is 13.4. The zero-order valence-corrected chi connectivity index (χ0v) is 25.2. The lowest BCUT2D eigenvalue weighted by Gasteiger charge is -2.20. The molecular weight excluding hydrogens is 557 g/mol. The fourth-order valence-corrected chi connectivity index (χ4v) is 4.62. The first-order chi connectivity index (χ1) is 20.6. The molecule has 2 heterocycles. The molecule has 3 rings (SSSR count). The molecule has 0 aliphatic heterocycles. The van der Waals surface area contributed by atoms with Crippen molar-refractivity contribution in [3.63, 3.8) is 0 Å². The molecule has 0 unspecified atom stereocenters. The van der Waals surface area contributed by atoms with Gasteiger partial charge in [0.05, 0.1) is 6.10 Å². The van der Waals surface area contributed by atoms with E-state index in [1.165, 1.54) is 18.7 Å². The number of benzene rings is 1. The lowest BCUT2D eigenvalue weighted by molar-refractivity contribution is -0.206. The zero-order valence-electron chi connectivity index (χ0n) is 25.2. The first-order valence-electron chi connectivity index (χ1n) is 15.1. The summed E-state index contributed by atoms with van der Waals surface area (Å²) < 4.78 is 50.5. The topological polar surface area (TPSA) is 78.4 Å². The third kappa shape index (κ3) is 10.8. The Morgan fingerprint density at radius 2 is 1.09 bits per heavy atom. The molecule has 0 saturated heterocycles. The van der Waals surface area contributed by atoms with Gasteiger partial charge < -0.3 is 9.47 Å². The summed E-state index contributed by atoms with van der Waals surface area (Å²) in [4.78, 5) is 33.2. The number of carbonyl (C=O) groups excluding carboxylic acids is 2.